The standard InChI is InChI=1S/C39H52N4O16.C24H47N7O12/c1-18-13-23-32(33-26(43(2)39(51)58-33)35(54-23)59-36-30(48)28(46)25(40)24(15-44)55-36)57-34(18)56-31-22(42-38(50)53-17-20-11-7-4-8-12-20)14-21(27(45)29(31)47)41-37(49)52-16-19-9-5-3-6-10-19;1-30-13-16(35)20-10(3-8(28)22(42-20)41-19-7(27)2-6(26)14(33)17(19)36)39-23(13)43-24-18(37)15(34)12(11(5-32)40-24)31-21(38)9(29)4-25/h3-12,18,21-36,44-48H,13-17,40H2,1-2H3,(H,41,49)(H,42,50);6-20,22-24,30,32-37H,2-5,25-29H2,1H3,(H,31,38)/t18?,21-,22?,23+,24?,25-,26?,27?,28+,29-,30?,31-,32?,33?,34+,35?,36-;6-,7?,8?,9-,10+,11?,12-,13?,14?,15+,16?,17-,18?,19-,20?,22+,23?,24-/m11/s1. The molecule has 2 saturated carbocycles. The van der Waals surface area contributed by atoms with Gasteiger partial charge in [-0.3, -0.25) is 9.69 Å². The van der Waals surface area contributed by atoms with Crippen molar-refractivity contribution in [3.63, 3.8) is 0 Å². The molecule has 27 N–H and O–H groups in total. The van der Waals surface area contributed by atoms with Crippen LogP contribution in [-0.4, -0.2) is 327 Å². The zero-order chi connectivity index (χ0) is 73.7. The van der Waals surface area contributed by atoms with Gasteiger partial charge in [-0.05, 0) is 43.9 Å². The van der Waals surface area contributed by atoms with Crippen molar-refractivity contribution in [2.45, 2.75) is 254 Å². The van der Waals surface area contributed by atoms with Gasteiger partial charge >= 0.3 is 18.3 Å². The molecule has 2 aromatic rings. The molecule has 4 amide bonds. The molecule has 9 fully saturated rings. The SMILES string of the molecule is CC1C[C@@H]2OC(O[C@H]3OC(CO)[C@@H](N)[C@H](O)C3O)C3C(OC(=O)N3C)C2O[C@@H]1O[C@@H]1C(NC(=O)OCc2ccccc2)C[C@@H](NC(=O)OCc2ccccc2)C(O)[C@H]1O.CNC1C(O[C@H]2OC(CO)[C@@H](NC(=O)[C@H](N)CN)[C@H](O)C2O)O[C@H]2CC(N)[C@@H](O[C@@H]3C(N)C[C@@H](N)C(O)[C@H]3O)OC2C1O. The third-order valence-electron chi connectivity index (χ3n) is 20.1. The van der Waals surface area contributed by atoms with Gasteiger partial charge in [-0.2, -0.15) is 0 Å². The van der Waals surface area contributed by atoms with Crippen molar-refractivity contribution in [1.29, 1.82) is 0 Å². The number of nitrogens with one attached hydrogen (secondary N) is 4. The zero-order valence-electron chi connectivity index (χ0n) is 56.1. The number of ether oxygens (including phenoxy) is 13. The van der Waals surface area contributed by atoms with E-state index in [1.807, 2.05) is 12.1 Å². The minimum absolute atomic E-state index is 0.0435. The maximum absolute atomic E-state index is 13.2. The fourth-order valence-electron chi connectivity index (χ4n) is 14.2. The van der Waals surface area contributed by atoms with E-state index in [9.17, 15) is 75.3 Å². The number of aliphatic hydroxyl groups is 11. The molecular weight excluding hydrogens is 1360 g/mol. The van der Waals surface area contributed by atoms with Gasteiger partial charge in [-0.15, -0.1) is 0 Å². The van der Waals surface area contributed by atoms with Crippen LogP contribution in [0, 0.1) is 5.92 Å². The number of fused-ring (bicyclic) bond motifs is 4. The highest BCUT2D eigenvalue weighted by molar-refractivity contribution is 5.82. The van der Waals surface area contributed by atoms with Gasteiger partial charge in [0.2, 0.25) is 5.91 Å². The summed E-state index contributed by atoms with van der Waals surface area (Å²) in [6.07, 6.45) is -32.5. The maximum Gasteiger partial charge on any atom is 0.410 e. The van der Waals surface area contributed by atoms with Crippen molar-refractivity contribution in [1.82, 2.24) is 26.2 Å². The molecule has 0 bridgehead atoms. The molecule has 7 saturated heterocycles. The number of alkyl carbamates (subject to hydrolysis) is 2. The normalized spacial score (nSPS) is 43.6. The molecular formula is C63H99N11O28. The Morgan fingerprint density at radius 3 is 1.70 bits per heavy atom. The van der Waals surface area contributed by atoms with Gasteiger partial charge in [-0.25, -0.2) is 14.4 Å². The molecule has 7 aliphatic heterocycles. The van der Waals surface area contributed by atoms with Crippen LogP contribution >= 0.6 is 0 Å². The summed E-state index contributed by atoms with van der Waals surface area (Å²) >= 11 is 0. The summed E-state index contributed by atoms with van der Waals surface area (Å²) in [5, 5.41) is 128. The topological polar surface area (TPSA) is 618 Å². The molecule has 9 aliphatic rings. The molecule has 35 atom stereocenters. The Kier molecular flexibility index (Phi) is 27.1. The number of nitrogens with zero attached hydrogens (tertiary/aromatic N) is 1. The summed E-state index contributed by atoms with van der Waals surface area (Å²) in [6, 6.07) is 8.26. The highest BCUT2D eigenvalue weighted by Gasteiger charge is 2.62. The largest absolute Gasteiger partial charge is 0.445 e. The Bertz CT molecular complexity index is 3030. The third kappa shape index (κ3) is 17.7. The summed E-state index contributed by atoms with van der Waals surface area (Å²) in [5.74, 6) is -1.19. The van der Waals surface area contributed by atoms with E-state index >= 15 is 0 Å². The fourth-order valence-corrected chi connectivity index (χ4v) is 14.2. The number of hydrogen-bond donors (Lipinski definition) is 21. The number of benzene rings is 2. The van der Waals surface area contributed by atoms with Crippen molar-refractivity contribution in [2.75, 3.05) is 33.9 Å². The lowest BCUT2D eigenvalue weighted by Gasteiger charge is -2.51. The predicted molar refractivity (Wildman–Crippen MR) is 342 cm³/mol. The number of amides is 4. The quantitative estimate of drug-likeness (QED) is 0.0548. The second-order valence-electron chi connectivity index (χ2n) is 27.1. The first-order chi connectivity index (χ1) is 48.6. The van der Waals surface area contributed by atoms with Crippen LogP contribution in [-0.2, 0) is 79.6 Å². The fraction of sp³-hybridized carbons (Fsp3) is 0.746. The van der Waals surface area contributed by atoms with E-state index in [2.05, 4.69) is 21.3 Å². The number of hydrogen-bond acceptors (Lipinski definition) is 35. The molecule has 0 spiro atoms. The molecule has 18 unspecified atom stereocenters. The minimum Gasteiger partial charge on any atom is -0.445 e. The number of nitrogens with two attached hydrogens (primary N) is 6. The number of rotatable bonds is 20. The highest BCUT2D eigenvalue weighted by atomic mass is 16.8. The lowest BCUT2D eigenvalue weighted by atomic mass is 9.83. The highest BCUT2D eigenvalue weighted by Crippen LogP contribution is 2.43. The van der Waals surface area contributed by atoms with Gasteiger partial charge in [0.15, 0.2) is 43.8 Å². The van der Waals surface area contributed by atoms with Gasteiger partial charge in [0, 0.05) is 31.6 Å². The Balaban J connectivity index is 0.000000231. The van der Waals surface area contributed by atoms with Gasteiger partial charge in [-0.1, -0.05) is 67.6 Å². The van der Waals surface area contributed by atoms with Crippen LogP contribution in [0.1, 0.15) is 43.7 Å². The molecule has 11 rings (SSSR count). The monoisotopic (exact) mass is 1460 g/mol. The molecule has 2 aromatic carbocycles. The molecule has 39 nitrogen and oxygen atoms in total. The van der Waals surface area contributed by atoms with Crippen LogP contribution in [0.5, 0.6) is 0 Å². The Morgan fingerprint density at radius 1 is 0.539 bits per heavy atom. The molecule has 102 heavy (non-hydrogen) atoms. The van der Waals surface area contributed by atoms with Crippen molar-refractivity contribution in [2.24, 2.45) is 40.3 Å². The average molecular weight is 1460 g/mol. The van der Waals surface area contributed by atoms with E-state index in [0.29, 0.717) is 0 Å². The molecule has 0 radical (unpaired) electrons. The second kappa shape index (κ2) is 34.9. The molecule has 0 aromatic heterocycles. The van der Waals surface area contributed by atoms with Crippen LogP contribution < -0.4 is 55.7 Å². The van der Waals surface area contributed by atoms with Crippen molar-refractivity contribution >= 4 is 24.2 Å². The third-order valence-corrected chi connectivity index (χ3v) is 20.1. The zero-order valence-corrected chi connectivity index (χ0v) is 56.1. The maximum atomic E-state index is 13.2. The average Bonchev–Trinajstić information content (AvgIpc) is 1.55. The lowest BCUT2D eigenvalue weighted by Crippen LogP contribution is -2.70. The summed E-state index contributed by atoms with van der Waals surface area (Å²) in [5.41, 5.74) is 36.6. The molecule has 2 aliphatic carbocycles. The Labute approximate surface area is 585 Å². The summed E-state index contributed by atoms with van der Waals surface area (Å²) in [4.78, 5) is 52.4. The van der Waals surface area contributed by atoms with Crippen molar-refractivity contribution in [3.05, 3.63) is 71.8 Å². The number of carbonyl (C=O) groups is 4. The first kappa shape index (κ1) is 79.2. The van der Waals surface area contributed by atoms with Gasteiger partial charge in [0.05, 0.1) is 73.8 Å². The second-order valence-corrected chi connectivity index (χ2v) is 27.1. The van der Waals surface area contributed by atoms with Crippen LogP contribution in [0.3, 0.4) is 0 Å². The van der Waals surface area contributed by atoms with Crippen molar-refractivity contribution < 1.29 is 137 Å². The van der Waals surface area contributed by atoms with Gasteiger partial charge in [0.25, 0.3) is 0 Å². The summed E-state index contributed by atoms with van der Waals surface area (Å²) in [7, 11) is 2.98. The van der Waals surface area contributed by atoms with Crippen LogP contribution in [0.15, 0.2) is 60.7 Å². The number of carbonyl (C=O) groups excluding carboxylic acids is 4. The molecule has 7 heterocycles. The summed E-state index contributed by atoms with van der Waals surface area (Å²) < 4.78 is 76.9. The lowest BCUT2D eigenvalue weighted by molar-refractivity contribution is -0.375. The van der Waals surface area contributed by atoms with Gasteiger partial charge < -0.3 is 173 Å². The smallest absolute Gasteiger partial charge is 0.410 e. The number of aliphatic hydroxyl groups excluding tert-OH is 11. The number of likely N-dealkylation sites (N-methyl/N-ethyl adjacent to an activating group) is 2. The predicted octanol–water partition coefficient (Wildman–Crippen LogP) is -9.34. The van der Waals surface area contributed by atoms with Crippen LogP contribution in [0.2, 0.25) is 0 Å². The first-order valence-corrected chi connectivity index (χ1v) is 33.9. The van der Waals surface area contributed by atoms with Crippen LogP contribution in [0.25, 0.3) is 0 Å². The summed E-state index contributed by atoms with van der Waals surface area (Å²) in [6.45, 7) is 0.295. The van der Waals surface area contributed by atoms with Crippen molar-refractivity contribution in [3.8, 4) is 0 Å². The van der Waals surface area contributed by atoms with E-state index in [1.165, 1.54) is 19.0 Å². The minimum atomic E-state index is -1.71. The van der Waals surface area contributed by atoms with Gasteiger partial charge in [0.1, 0.15) is 105 Å². The molecule has 574 valence electrons. The Hall–Kier alpha value is -5.40. The Morgan fingerprint density at radius 2 is 1.09 bits per heavy atom. The first-order valence-electron chi connectivity index (χ1n) is 33.9. The van der Waals surface area contributed by atoms with E-state index < -0.39 is 251 Å². The van der Waals surface area contributed by atoms with E-state index in [-0.39, 0.29) is 45.4 Å². The van der Waals surface area contributed by atoms with E-state index in [0.717, 1.165) is 11.1 Å². The molecule has 39 heteroatoms. The van der Waals surface area contributed by atoms with Crippen LogP contribution in [0.4, 0.5) is 14.4 Å². The van der Waals surface area contributed by atoms with E-state index in [4.69, 9.17) is 96.0 Å². The van der Waals surface area contributed by atoms with E-state index in [1.54, 1.807) is 55.5 Å².